The van der Waals surface area contributed by atoms with Crippen LogP contribution in [-0.4, -0.2) is 31.1 Å². The van der Waals surface area contributed by atoms with Crippen LogP contribution in [0.25, 0.3) is 0 Å². The van der Waals surface area contributed by atoms with Gasteiger partial charge in [0.05, 0.1) is 11.4 Å². The minimum absolute atomic E-state index is 0.0654. The molecule has 0 heterocycles. The normalized spacial score (nSPS) is 11.3. The van der Waals surface area contributed by atoms with Crippen molar-refractivity contribution in [2.45, 2.75) is 25.3 Å². The van der Waals surface area contributed by atoms with Crippen LogP contribution in [-0.2, 0) is 26.2 Å². The fourth-order valence-corrected chi connectivity index (χ4v) is 4.97. The molecule has 0 spiro atoms. The molecule has 2 amide bonds. The van der Waals surface area contributed by atoms with Crippen molar-refractivity contribution in [1.82, 2.24) is 4.31 Å². The molecule has 0 radical (unpaired) electrons. The van der Waals surface area contributed by atoms with Crippen LogP contribution in [0.2, 0.25) is 10.0 Å². The lowest BCUT2D eigenvalue weighted by molar-refractivity contribution is -0.116. The van der Waals surface area contributed by atoms with Crippen molar-refractivity contribution < 1.29 is 18.0 Å². The monoisotopic (exact) mass is 519 g/mol. The summed E-state index contributed by atoms with van der Waals surface area (Å²) in [5.41, 5.74) is 2.45. The molecule has 3 rings (SSSR count). The van der Waals surface area contributed by atoms with Gasteiger partial charge < -0.3 is 10.6 Å². The zero-order valence-corrected chi connectivity index (χ0v) is 20.8. The molecule has 178 valence electrons. The van der Waals surface area contributed by atoms with E-state index in [1.54, 1.807) is 48.5 Å². The van der Waals surface area contributed by atoms with Gasteiger partial charge in [-0.2, -0.15) is 4.31 Å². The number of rotatable bonds is 8. The minimum atomic E-state index is -4.02. The highest BCUT2D eigenvalue weighted by atomic mass is 35.5. The number of carbonyl (C=O) groups is 2. The summed E-state index contributed by atoms with van der Waals surface area (Å²) in [7, 11) is -4.02. The summed E-state index contributed by atoms with van der Waals surface area (Å²) in [6, 6.07) is 17.6. The molecular formula is C24H23Cl2N3O4S. The van der Waals surface area contributed by atoms with Crippen LogP contribution < -0.4 is 10.6 Å². The summed E-state index contributed by atoms with van der Waals surface area (Å²) >= 11 is 12.2. The quantitative estimate of drug-likeness (QED) is 0.433. The zero-order valence-electron chi connectivity index (χ0n) is 18.5. The fraction of sp³-hybridized carbons (Fsp3) is 0.167. The van der Waals surface area contributed by atoms with E-state index in [-0.39, 0.29) is 17.3 Å². The Hall–Kier alpha value is -2.91. The van der Waals surface area contributed by atoms with Gasteiger partial charge in [0.1, 0.15) is 0 Å². The third-order valence-electron chi connectivity index (χ3n) is 4.83. The Kier molecular flexibility index (Phi) is 8.33. The van der Waals surface area contributed by atoms with Crippen LogP contribution in [0.4, 0.5) is 11.4 Å². The third-order valence-corrected chi connectivity index (χ3v) is 7.22. The van der Waals surface area contributed by atoms with E-state index in [1.807, 2.05) is 6.92 Å². The molecule has 2 N–H and O–H groups in total. The summed E-state index contributed by atoms with van der Waals surface area (Å²) in [5.74, 6) is -0.748. The Labute approximate surface area is 208 Å². The summed E-state index contributed by atoms with van der Waals surface area (Å²) < 4.78 is 27.9. The second-order valence-electron chi connectivity index (χ2n) is 7.63. The maximum atomic E-state index is 13.4. The lowest BCUT2D eigenvalue weighted by Crippen LogP contribution is -2.37. The van der Waals surface area contributed by atoms with Crippen LogP contribution >= 0.6 is 23.2 Å². The average molecular weight is 520 g/mol. The predicted octanol–water partition coefficient (Wildman–Crippen LogP) is 5.09. The predicted molar refractivity (Wildman–Crippen MR) is 135 cm³/mol. The molecule has 0 aliphatic heterocycles. The molecule has 0 fully saturated rings. The smallest absolute Gasteiger partial charge is 0.243 e. The van der Waals surface area contributed by atoms with E-state index < -0.39 is 22.5 Å². The first-order valence-corrected chi connectivity index (χ1v) is 12.4. The molecule has 0 aromatic heterocycles. The number of nitrogens with zero attached hydrogens (tertiary/aromatic N) is 1. The second kappa shape index (κ2) is 11.0. The Morgan fingerprint density at radius 3 is 2.03 bits per heavy atom. The van der Waals surface area contributed by atoms with Gasteiger partial charge in [-0.1, -0.05) is 47.0 Å². The van der Waals surface area contributed by atoms with Crippen molar-refractivity contribution in [2.24, 2.45) is 0 Å². The maximum Gasteiger partial charge on any atom is 0.243 e. The number of benzene rings is 3. The van der Waals surface area contributed by atoms with Crippen molar-refractivity contribution in [3.63, 3.8) is 0 Å². The summed E-state index contributed by atoms with van der Waals surface area (Å²) in [6.45, 7) is 2.68. The number of halogens is 2. The molecule has 10 heteroatoms. The van der Waals surface area contributed by atoms with Crippen molar-refractivity contribution in [1.29, 1.82) is 0 Å². The number of amides is 2. The summed E-state index contributed by atoms with van der Waals surface area (Å²) in [6.07, 6.45) is 0. The average Bonchev–Trinajstić information content (AvgIpc) is 2.76. The molecule has 0 unspecified atom stereocenters. The minimum Gasteiger partial charge on any atom is -0.326 e. The molecule has 34 heavy (non-hydrogen) atoms. The van der Waals surface area contributed by atoms with Gasteiger partial charge in [0.2, 0.25) is 21.8 Å². The van der Waals surface area contributed by atoms with Crippen molar-refractivity contribution >= 4 is 56.4 Å². The first-order valence-electron chi connectivity index (χ1n) is 10.2. The largest absolute Gasteiger partial charge is 0.326 e. The number of hydrogen-bond acceptors (Lipinski definition) is 4. The van der Waals surface area contributed by atoms with E-state index in [4.69, 9.17) is 23.2 Å². The van der Waals surface area contributed by atoms with Gasteiger partial charge in [-0.05, 0) is 61.0 Å². The molecular weight excluding hydrogens is 497 g/mol. The van der Waals surface area contributed by atoms with Gasteiger partial charge >= 0.3 is 0 Å². The number of anilines is 2. The zero-order chi connectivity index (χ0) is 24.9. The van der Waals surface area contributed by atoms with Gasteiger partial charge in [0, 0.05) is 34.9 Å². The first-order chi connectivity index (χ1) is 16.0. The standard InChI is InChI=1S/C24H23Cl2N3O4S/c1-16-3-11-22(12-4-16)34(32,33)29(14-18-5-6-19(25)13-23(18)26)15-24(31)28-21-9-7-20(8-10-21)27-17(2)30/h3-13H,14-15H2,1-2H3,(H,27,30)(H,28,31). The van der Waals surface area contributed by atoms with Crippen LogP contribution in [0.15, 0.2) is 71.6 Å². The molecule has 3 aromatic carbocycles. The highest BCUT2D eigenvalue weighted by Gasteiger charge is 2.27. The maximum absolute atomic E-state index is 13.4. The van der Waals surface area contributed by atoms with Crippen LogP contribution in [0.5, 0.6) is 0 Å². The van der Waals surface area contributed by atoms with Gasteiger partial charge in [-0.25, -0.2) is 8.42 Å². The van der Waals surface area contributed by atoms with Crippen molar-refractivity contribution in [2.75, 3.05) is 17.2 Å². The Balaban J connectivity index is 1.84. The Morgan fingerprint density at radius 1 is 0.882 bits per heavy atom. The lowest BCUT2D eigenvalue weighted by atomic mass is 10.2. The molecule has 0 aliphatic carbocycles. The number of aryl methyl sites for hydroxylation is 1. The van der Waals surface area contributed by atoms with E-state index >= 15 is 0 Å². The van der Waals surface area contributed by atoms with E-state index in [2.05, 4.69) is 10.6 Å². The Morgan fingerprint density at radius 2 is 1.47 bits per heavy atom. The Bertz CT molecular complexity index is 1290. The topological polar surface area (TPSA) is 95.6 Å². The molecule has 0 saturated carbocycles. The van der Waals surface area contributed by atoms with Gasteiger partial charge in [0.25, 0.3) is 0 Å². The highest BCUT2D eigenvalue weighted by molar-refractivity contribution is 7.89. The molecule has 0 atom stereocenters. The molecule has 0 saturated heterocycles. The molecule has 0 bridgehead atoms. The second-order valence-corrected chi connectivity index (χ2v) is 10.4. The molecule has 3 aromatic rings. The highest BCUT2D eigenvalue weighted by Crippen LogP contribution is 2.25. The summed E-state index contributed by atoms with van der Waals surface area (Å²) in [5, 5.41) is 6.03. The number of carbonyl (C=O) groups excluding carboxylic acids is 2. The van der Waals surface area contributed by atoms with Crippen molar-refractivity contribution in [3.8, 4) is 0 Å². The van der Waals surface area contributed by atoms with Gasteiger partial charge in [0.15, 0.2) is 0 Å². The first kappa shape index (κ1) is 25.7. The van der Waals surface area contributed by atoms with Gasteiger partial charge in [-0.15, -0.1) is 0 Å². The van der Waals surface area contributed by atoms with E-state index in [0.717, 1.165) is 9.87 Å². The van der Waals surface area contributed by atoms with Crippen LogP contribution in [0.3, 0.4) is 0 Å². The van der Waals surface area contributed by atoms with E-state index in [1.165, 1.54) is 25.1 Å². The van der Waals surface area contributed by atoms with E-state index in [0.29, 0.717) is 27.0 Å². The van der Waals surface area contributed by atoms with Gasteiger partial charge in [-0.3, -0.25) is 9.59 Å². The number of sulfonamides is 1. The third kappa shape index (κ3) is 6.80. The molecule has 7 nitrogen and oxygen atoms in total. The molecule has 0 aliphatic rings. The van der Waals surface area contributed by atoms with Crippen molar-refractivity contribution in [3.05, 3.63) is 87.9 Å². The summed E-state index contributed by atoms with van der Waals surface area (Å²) in [4.78, 5) is 24.0. The lowest BCUT2D eigenvalue weighted by Gasteiger charge is -2.22. The van der Waals surface area contributed by atoms with Crippen LogP contribution in [0.1, 0.15) is 18.1 Å². The van der Waals surface area contributed by atoms with E-state index in [9.17, 15) is 18.0 Å². The van der Waals surface area contributed by atoms with Crippen LogP contribution in [0, 0.1) is 6.92 Å². The number of hydrogen-bond donors (Lipinski definition) is 2. The number of nitrogens with one attached hydrogen (secondary N) is 2. The SMILES string of the molecule is CC(=O)Nc1ccc(NC(=O)CN(Cc2ccc(Cl)cc2Cl)S(=O)(=O)c2ccc(C)cc2)cc1. The fourth-order valence-electron chi connectivity index (χ4n) is 3.13.